The molecular formula is C24H34FNO. The quantitative estimate of drug-likeness (QED) is 0.343. The van der Waals surface area contributed by atoms with Gasteiger partial charge in [-0.05, 0) is 49.1 Å². The largest absolute Gasteiger partial charge is 0.491 e. The Morgan fingerprint density at radius 3 is 2.26 bits per heavy atom. The number of hydrogen-bond acceptors (Lipinski definition) is 2. The third-order valence-corrected chi connectivity index (χ3v) is 4.88. The average molecular weight is 372 g/mol. The molecule has 0 unspecified atom stereocenters. The minimum atomic E-state index is -0.313. The Labute approximate surface area is 164 Å². The summed E-state index contributed by atoms with van der Waals surface area (Å²) in [7, 11) is 0. The van der Waals surface area contributed by atoms with Crippen molar-refractivity contribution in [2.45, 2.75) is 78.1 Å². The van der Waals surface area contributed by atoms with Gasteiger partial charge in [0.05, 0.1) is 12.3 Å². The maximum atomic E-state index is 14.3. The Morgan fingerprint density at radius 2 is 1.59 bits per heavy atom. The molecule has 0 saturated carbocycles. The highest BCUT2D eigenvalue weighted by atomic mass is 19.1. The van der Waals surface area contributed by atoms with Crippen LogP contribution in [0.4, 0.5) is 4.39 Å². The maximum Gasteiger partial charge on any atom is 0.165 e. The first kappa shape index (κ1) is 21.4. The highest BCUT2D eigenvalue weighted by Gasteiger charge is 2.07. The van der Waals surface area contributed by atoms with Crippen molar-refractivity contribution in [1.29, 1.82) is 0 Å². The van der Waals surface area contributed by atoms with Crippen LogP contribution in [0.2, 0.25) is 0 Å². The summed E-state index contributed by atoms with van der Waals surface area (Å²) in [6.07, 6.45) is 13.8. The minimum Gasteiger partial charge on any atom is -0.491 e. The molecule has 1 heterocycles. The SMILES string of the molecule is CCCCCCCOc1ccc(-c2ccc(CCCCCC)cn2)cc1F. The average Bonchev–Trinajstić information content (AvgIpc) is 2.69. The molecule has 0 aliphatic rings. The molecule has 2 rings (SSSR count). The fourth-order valence-electron chi connectivity index (χ4n) is 3.16. The lowest BCUT2D eigenvalue weighted by molar-refractivity contribution is 0.290. The number of aryl methyl sites for hydroxylation is 1. The van der Waals surface area contributed by atoms with E-state index in [1.807, 2.05) is 18.3 Å². The molecule has 0 spiro atoms. The smallest absolute Gasteiger partial charge is 0.165 e. The zero-order chi connectivity index (χ0) is 19.3. The van der Waals surface area contributed by atoms with E-state index < -0.39 is 0 Å². The first-order valence-corrected chi connectivity index (χ1v) is 10.6. The summed E-state index contributed by atoms with van der Waals surface area (Å²) in [5, 5.41) is 0. The van der Waals surface area contributed by atoms with Crippen molar-refractivity contribution in [2.75, 3.05) is 6.61 Å². The number of ether oxygens (including phenoxy) is 1. The maximum absolute atomic E-state index is 14.3. The van der Waals surface area contributed by atoms with Crippen LogP contribution in [-0.4, -0.2) is 11.6 Å². The minimum absolute atomic E-state index is 0.313. The third-order valence-electron chi connectivity index (χ3n) is 4.88. The van der Waals surface area contributed by atoms with E-state index in [2.05, 4.69) is 24.9 Å². The molecule has 0 N–H and O–H groups in total. The molecule has 148 valence electrons. The number of unbranched alkanes of at least 4 members (excludes halogenated alkanes) is 7. The molecule has 0 atom stereocenters. The molecule has 0 aliphatic heterocycles. The van der Waals surface area contributed by atoms with Crippen molar-refractivity contribution < 1.29 is 9.13 Å². The number of benzene rings is 1. The summed E-state index contributed by atoms with van der Waals surface area (Å²) >= 11 is 0. The number of pyridine rings is 1. The molecule has 0 amide bonds. The van der Waals surface area contributed by atoms with Gasteiger partial charge in [0.25, 0.3) is 0 Å². The Hall–Kier alpha value is -1.90. The summed E-state index contributed by atoms with van der Waals surface area (Å²) < 4.78 is 19.9. The Balaban J connectivity index is 1.85. The molecule has 0 aliphatic carbocycles. The lowest BCUT2D eigenvalue weighted by atomic mass is 10.1. The first-order chi connectivity index (χ1) is 13.2. The molecule has 3 heteroatoms. The van der Waals surface area contributed by atoms with Crippen LogP contribution in [-0.2, 0) is 6.42 Å². The highest BCUT2D eigenvalue weighted by Crippen LogP contribution is 2.25. The summed E-state index contributed by atoms with van der Waals surface area (Å²) in [5.41, 5.74) is 2.84. The van der Waals surface area contributed by atoms with E-state index in [-0.39, 0.29) is 5.82 Å². The van der Waals surface area contributed by atoms with Gasteiger partial charge in [-0.3, -0.25) is 4.98 Å². The normalized spacial score (nSPS) is 10.9. The summed E-state index contributed by atoms with van der Waals surface area (Å²) in [4.78, 5) is 4.52. The van der Waals surface area contributed by atoms with Crippen molar-refractivity contribution in [2.24, 2.45) is 0 Å². The zero-order valence-electron chi connectivity index (χ0n) is 17.0. The van der Waals surface area contributed by atoms with Crippen LogP contribution in [0.1, 0.15) is 77.2 Å². The van der Waals surface area contributed by atoms with Gasteiger partial charge in [0.15, 0.2) is 11.6 Å². The van der Waals surface area contributed by atoms with E-state index >= 15 is 0 Å². The van der Waals surface area contributed by atoms with Crippen LogP contribution < -0.4 is 4.74 Å². The number of hydrogen-bond donors (Lipinski definition) is 0. The van der Waals surface area contributed by atoms with Gasteiger partial charge in [-0.2, -0.15) is 0 Å². The van der Waals surface area contributed by atoms with Crippen LogP contribution in [0, 0.1) is 5.82 Å². The number of nitrogens with zero attached hydrogens (tertiary/aromatic N) is 1. The zero-order valence-corrected chi connectivity index (χ0v) is 17.0. The van der Waals surface area contributed by atoms with Crippen molar-refractivity contribution in [3.63, 3.8) is 0 Å². The van der Waals surface area contributed by atoms with Crippen LogP contribution in [0.3, 0.4) is 0 Å². The lowest BCUT2D eigenvalue weighted by Gasteiger charge is -2.09. The predicted molar refractivity (Wildman–Crippen MR) is 112 cm³/mol. The van der Waals surface area contributed by atoms with Crippen LogP contribution in [0.5, 0.6) is 5.75 Å². The van der Waals surface area contributed by atoms with Gasteiger partial charge >= 0.3 is 0 Å². The Kier molecular flexibility index (Phi) is 9.89. The molecule has 0 saturated heterocycles. The third kappa shape index (κ3) is 7.70. The number of rotatable bonds is 13. The molecule has 0 fully saturated rings. The summed E-state index contributed by atoms with van der Waals surface area (Å²) in [6, 6.07) is 9.22. The second-order valence-electron chi connectivity index (χ2n) is 7.27. The van der Waals surface area contributed by atoms with Gasteiger partial charge in [-0.25, -0.2) is 4.39 Å². The van der Waals surface area contributed by atoms with Gasteiger partial charge in [0.1, 0.15) is 0 Å². The molecule has 27 heavy (non-hydrogen) atoms. The van der Waals surface area contributed by atoms with Crippen molar-refractivity contribution >= 4 is 0 Å². The van der Waals surface area contributed by atoms with Crippen LogP contribution in [0.25, 0.3) is 11.3 Å². The standard InChI is InChI=1S/C24H34FNO/c1-3-5-7-9-11-17-27-24-16-14-21(18-22(24)25)23-15-13-20(19-26-23)12-10-8-6-4-2/h13-16,18-19H,3-12,17H2,1-2H3. The van der Waals surface area contributed by atoms with Crippen molar-refractivity contribution in [3.05, 3.63) is 47.9 Å². The fraction of sp³-hybridized carbons (Fsp3) is 0.542. The van der Waals surface area contributed by atoms with Crippen LogP contribution >= 0.6 is 0 Å². The predicted octanol–water partition coefficient (Wildman–Crippen LogP) is 7.36. The molecule has 2 aromatic rings. The molecule has 1 aromatic heterocycles. The van der Waals surface area contributed by atoms with E-state index in [4.69, 9.17) is 4.74 Å². The van der Waals surface area contributed by atoms with Gasteiger partial charge in [0, 0.05) is 11.8 Å². The molecule has 0 bridgehead atoms. The summed E-state index contributed by atoms with van der Waals surface area (Å²) in [6.45, 7) is 4.99. The monoisotopic (exact) mass is 371 g/mol. The Morgan fingerprint density at radius 1 is 0.852 bits per heavy atom. The number of aromatic nitrogens is 1. The first-order valence-electron chi connectivity index (χ1n) is 10.6. The second-order valence-corrected chi connectivity index (χ2v) is 7.27. The fourth-order valence-corrected chi connectivity index (χ4v) is 3.16. The number of halogens is 1. The second kappa shape index (κ2) is 12.5. The van der Waals surface area contributed by atoms with Crippen LogP contribution in [0.15, 0.2) is 36.5 Å². The molecule has 0 radical (unpaired) electrons. The van der Waals surface area contributed by atoms with Crippen molar-refractivity contribution in [3.8, 4) is 17.0 Å². The van der Waals surface area contributed by atoms with E-state index in [0.717, 1.165) is 30.5 Å². The van der Waals surface area contributed by atoms with Gasteiger partial charge in [-0.15, -0.1) is 0 Å². The van der Waals surface area contributed by atoms with Crippen molar-refractivity contribution in [1.82, 2.24) is 4.98 Å². The van der Waals surface area contributed by atoms with E-state index in [0.29, 0.717) is 12.4 Å². The summed E-state index contributed by atoms with van der Waals surface area (Å²) in [5.74, 6) is 0.0216. The van der Waals surface area contributed by atoms with Gasteiger partial charge in [-0.1, -0.05) is 64.9 Å². The van der Waals surface area contributed by atoms with E-state index in [1.54, 1.807) is 6.07 Å². The van der Waals surface area contributed by atoms with Gasteiger partial charge < -0.3 is 4.74 Å². The Bertz CT molecular complexity index is 654. The van der Waals surface area contributed by atoms with Gasteiger partial charge in [0.2, 0.25) is 0 Å². The molecule has 1 aromatic carbocycles. The lowest BCUT2D eigenvalue weighted by Crippen LogP contribution is -1.99. The topological polar surface area (TPSA) is 22.1 Å². The molecular weight excluding hydrogens is 337 g/mol. The van der Waals surface area contributed by atoms with E-state index in [9.17, 15) is 4.39 Å². The van der Waals surface area contributed by atoms with E-state index in [1.165, 1.54) is 56.6 Å². The highest BCUT2D eigenvalue weighted by molar-refractivity contribution is 5.60. The molecule has 2 nitrogen and oxygen atoms in total.